The molecular formula is C21H21N3O3S2. The maximum Gasteiger partial charge on any atom is 0.263 e. The number of hydrogen-bond acceptors (Lipinski definition) is 6. The fourth-order valence-corrected chi connectivity index (χ4v) is 4.73. The number of aryl methyl sites for hydroxylation is 2. The van der Waals surface area contributed by atoms with Gasteiger partial charge in [-0.15, -0.1) is 17.9 Å². The van der Waals surface area contributed by atoms with Crippen molar-refractivity contribution >= 4 is 50.7 Å². The van der Waals surface area contributed by atoms with Crippen LogP contribution in [0, 0.1) is 13.8 Å². The Morgan fingerprint density at radius 2 is 2.10 bits per heavy atom. The minimum absolute atomic E-state index is 0.0667. The molecule has 0 radical (unpaired) electrons. The van der Waals surface area contributed by atoms with Crippen LogP contribution in [0.1, 0.15) is 27.7 Å². The zero-order chi connectivity index (χ0) is 21.1. The molecule has 1 aromatic carbocycles. The number of thioether (sulfide) groups is 1. The molecule has 0 saturated heterocycles. The van der Waals surface area contributed by atoms with Gasteiger partial charge < -0.3 is 5.32 Å². The lowest BCUT2D eigenvalue weighted by atomic mass is 10.1. The zero-order valence-electron chi connectivity index (χ0n) is 16.4. The fourth-order valence-electron chi connectivity index (χ4n) is 2.85. The quantitative estimate of drug-likeness (QED) is 0.265. The van der Waals surface area contributed by atoms with Gasteiger partial charge in [0.15, 0.2) is 10.9 Å². The number of carbonyl (C=O) groups excluding carboxylic acids is 2. The van der Waals surface area contributed by atoms with Gasteiger partial charge in [-0.3, -0.25) is 19.0 Å². The molecule has 0 bridgehead atoms. The van der Waals surface area contributed by atoms with Crippen molar-refractivity contribution in [2.45, 2.75) is 32.5 Å². The van der Waals surface area contributed by atoms with E-state index in [1.165, 1.54) is 30.0 Å². The maximum atomic E-state index is 12.9. The summed E-state index contributed by atoms with van der Waals surface area (Å²) in [6, 6.07) is 6.78. The fraction of sp³-hybridized carbons (Fsp3) is 0.238. The predicted molar refractivity (Wildman–Crippen MR) is 119 cm³/mol. The minimum Gasteiger partial charge on any atom is -0.325 e. The summed E-state index contributed by atoms with van der Waals surface area (Å²) < 4.78 is 1.54. The molecule has 0 unspecified atom stereocenters. The summed E-state index contributed by atoms with van der Waals surface area (Å²) in [5, 5.41) is 3.89. The number of fused-ring (bicyclic) bond motifs is 1. The van der Waals surface area contributed by atoms with Crippen molar-refractivity contribution in [2.75, 3.05) is 11.1 Å². The number of ketones is 1. The van der Waals surface area contributed by atoms with E-state index in [4.69, 9.17) is 0 Å². The summed E-state index contributed by atoms with van der Waals surface area (Å²) in [6.07, 6.45) is 1.64. The van der Waals surface area contributed by atoms with E-state index in [0.717, 1.165) is 10.4 Å². The van der Waals surface area contributed by atoms with Crippen molar-refractivity contribution in [3.63, 3.8) is 0 Å². The van der Waals surface area contributed by atoms with Crippen LogP contribution in [0.25, 0.3) is 10.2 Å². The number of hydrogen-bond donors (Lipinski definition) is 1. The lowest BCUT2D eigenvalue weighted by Gasteiger charge is -2.11. The molecule has 0 atom stereocenters. The SMILES string of the molecule is C=CCn1c(SCC(=O)Nc2cccc(C(C)=O)c2)nc2sc(C)c(C)c2c1=O. The molecule has 0 spiro atoms. The van der Waals surface area contributed by atoms with Gasteiger partial charge in [0.2, 0.25) is 5.91 Å². The number of aromatic nitrogens is 2. The summed E-state index contributed by atoms with van der Waals surface area (Å²) in [7, 11) is 0. The molecule has 3 aromatic rings. The van der Waals surface area contributed by atoms with Gasteiger partial charge in [0.25, 0.3) is 5.56 Å². The van der Waals surface area contributed by atoms with Gasteiger partial charge in [0.05, 0.1) is 11.1 Å². The Morgan fingerprint density at radius 1 is 1.34 bits per heavy atom. The molecular weight excluding hydrogens is 406 g/mol. The number of nitrogens with zero attached hydrogens (tertiary/aromatic N) is 2. The molecule has 0 aliphatic rings. The Balaban J connectivity index is 1.82. The second-order valence-electron chi connectivity index (χ2n) is 6.54. The van der Waals surface area contributed by atoms with Gasteiger partial charge in [-0.1, -0.05) is 30.0 Å². The van der Waals surface area contributed by atoms with Crippen LogP contribution in [0.3, 0.4) is 0 Å². The molecule has 0 saturated carbocycles. The number of benzene rings is 1. The molecule has 0 aliphatic heterocycles. The summed E-state index contributed by atoms with van der Waals surface area (Å²) in [6.45, 7) is 9.40. The van der Waals surface area contributed by atoms with Gasteiger partial charge in [0, 0.05) is 22.7 Å². The van der Waals surface area contributed by atoms with Crippen molar-refractivity contribution in [1.82, 2.24) is 9.55 Å². The smallest absolute Gasteiger partial charge is 0.263 e. The Kier molecular flexibility index (Phi) is 6.34. The van der Waals surface area contributed by atoms with E-state index >= 15 is 0 Å². The third kappa shape index (κ3) is 4.49. The van der Waals surface area contributed by atoms with E-state index in [2.05, 4.69) is 16.9 Å². The lowest BCUT2D eigenvalue weighted by molar-refractivity contribution is -0.113. The molecule has 1 N–H and O–H groups in total. The normalized spacial score (nSPS) is 10.9. The third-order valence-corrected chi connectivity index (χ3v) is 6.53. The zero-order valence-corrected chi connectivity index (χ0v) is 18.1. The predicted octanol–water partition coefficient (Wildman–Crippen LogP) is 4.19. The second-order valence-corrected chi connectivity index (χ2v) is 8.68. The van der Waals surface area contributed by atoms with E-state index in [1.807, 2.05) is 13.8 Å². The highest BCUT2D eigenvalue weighted by atomic mass is 32.2. The van der Waals surface area contributed by atoms with E-state index in [9.17, 15) is 14.4 Å². The van der Waals surface area contributed by atoms with Crippen LogP contribution < -0.4 is 10.9 Å². The minimum atomic E-state index is -0.242. The summed E-state index contributed by atoms with van der Waals surface area (Å²) in [5.41, 5.74) is 1.92. The first kappa shape index (κ1) is 21.0. The third-order valence-electron chi connectivity index (χ3n) is 4.45. The highest BCUT2D eigenvalue weighted by Gasteiger charge is 2.17. The highest BCUT2D eigenvalue weighted by Crippen LogP contribution is 2.28. The van der Waals surface area contributed by atoms with Crippen LogP contribution in [0.5, 0.6) is 0 Å². The van der Waals surface area contributed by atoms with Crippen molar-refractivity contribution in [3.8, 4) is 0 Å². The lowest BCUT2D eigenvalue weighted by Crippen LogP contribution is -2.23. The molecule has 2 aromatic heterocycles. The van der Waals surface area contributed by atoms with Crippen molar-refractivity contribution in [3.05, 3.63) is 63.3 Å². The number of Topliss-reactive ketones (excluding diaryl/α,β-unsaturated/α-hetero) is 1. The standard InChI is InChI=1S/C21H21N3O3S2/c1-5-9-24-20(27)18-12(2)14(4)29-19(18)23-21(24)28-11-17(26)22-16-8-6-7-15(10-16)13(3)25/h5-8,10H,1,9,11H2,2-4H3,(H,22,26). The van der Waals surface area contributed by atoms with Crippen LogP contribution in [-0.4, -0.2) is 27.0 Å². The van der Waals surface area contributed by atoms with Gasteiger partial charge in [0.1, 0.15) is 4.83 Å². The van der Waals surface area contributed by atoms with Crippen LogP contribution in [0.2, 0.25) is 0 Å². The first-order valence-corrected chi connectivity index (χ1v) is 10.8. The molecule has 29 heavy (non-hydrogen) atoms. The Hall–Kier alpha value is -2.71. The maximum absolute atomic E-state index is 12.9. The van der Waals surface area contributed by atoms with Gasteiger partial charge >= 0.3 is 0 Å². The molecule has 8 heteroatoms. The summed E-state index contributed by atoms with van der Waals surface area (Å²) >= 11 is 2.68. The molecule has 1 amide bonds. The van der Waals surface area contributed by atoms with Crippen LogP contribution in [-0.2, 0) is 11.3 Å². The number of rotatable bonds is 7. The number of carbonyl (C=O) groups is 2. The number of thiophene rings is 1. The first-order valence-electron chi connectivity index (χ1n) is 8.97. The van der Waals surface area contributed by atoms with E-state index in [-0.39, 0.29) is 23.0 Å². The molecule has 0 aliphatic carbocycles. The van der Waals surface area contributed by atoms with Crippen molar-refractivity contribution in [2.24, 2.45) is 0 Å². The van der Waals surface area contributed by atoms with Crippen LogP contribution in [0.15, 0.2) is 46.9 Å². The van der Waals surface area contributed by atoms with Crippen LogP contribution >= 0.6 is 23.1 Å². The average Bonchev–Trinajstić information content (AvgIpc) is 2.97. The van der Waals surface area contributed by atoms with Crippen LogP contribution in [0.4, 0.5) is 5.69 Å². The van der Waals surface area contributed by atoms with Crippen molar-refractivity contribution in [1.29, 1.82) is 0 Å². The largest absolute Gasteiger partial charge is 0.325 e. The monoisotopic (exact) mass is 427 g/mol. The molecule has 6 nitrogen and oxygen atoms in total. The molecule has 150 valence electrons. The van der Waals surface area contributed by atoms with Crippen molar-refractivity contribution < 1.29 is 9.59 Å². The molecule has 3 rings (SSSR count). The van der Waals surface area contributed by atoms with E-state index in [0.29, 0.717) is 33.2 Å². The Bertz CT molecular complexity index is 1180. The summed E-state index contributed by atoms with van der Waals surface area (Å²) in [4.78, 5) is 43.2. The Morgan fingerprint density at radius 3 is 2.79 bits per heavy atom. The molecule has 2 heterocycles. The van der Waals surface area contributed by atoms with E-state index in [1.54, 1.807) is 34.9 Å². The number of nitrogens with one attached hydrogen (secondary N) is 1. The van der Waals surface area contributed by atoms with Gasteiger partial charge in [-0.05, 0) is 38.5 Å². The van der Waals surface area contributed by atoms with Gasteiger partial charge in [-0.2, -0.15) is 0 Å². The molecule has 0 fully saturated rings. The number of anilines is 1. The Labute approximate surface area is 176 Å². The number of amides is 1. The second kappa shape index (κ2) is 8.75. The summed E-state index contributed by atoms with van der Waals surface area (Å²) in [5.74, 6) is -0.223. The highest BCUT2D eigenvalue weighted by molar-refractivity contribution is 7.99. The van der Waals surface area contributed by atoms with E-state index < -0.39 is 0 Å². The number of allylic oxidation sites excluding steroid dienone is 1. The average molecular weight is 428 g/mol. The topological polar surface area (TPSA) is 81.1 Å². The van der Waals surface area contributed by atoms with Gasteiger partial charge in [-0.25, -0.2) is 4.98 Å². The first-order chi connectivity index (χ1) is 13.8.